The van der Waals surface area contributed by atoms with E-state index in [-0.39, 0.29) is 36.5 Å². The molecule has 0 spiro atoms. The molecule has 0 saturated carbocycles. The maximum absolute atomic E-state index is 9.74. The SMILES string of the molecule is I.NC(=NCC(O)c1ccco1)Nc1ccccc1. The summed E-state index contributed by atoms with van der Waals surface area (Å²) in [6.07, 6.45) is 0.726. The number of furan rings is 1. The van der Waals surface area contributed by atoms with E-state index in [9.17, 15) is 5.11 Å². The first kappa shape index (κ1) is 15.5. The summed E-state index contributed by atoms with van der Waals surface area (Å²) in [5.41, 5.74) is 6.56. The van der Waals surface area contributed by atoms with Gasteiger partial charge in [-0.1, -0.05) is 18.2 Å². The highest BCUT2D eigenvalue weighted by Gasteiger charge is 2.09. The number of hydrogen-bond donors (Lipinski definition) is 3. The molecule has 102 valence electrons. The van der Waals surface area contributed by atoms with Crippen LogP contribution in [0.5, 0.6) is 0 Å². The fraction of sp³-hybridized carbons (Fsp3) is 0.154. The molecule has 2 aromatic rings. The maximum atomic E-state index is 9.74. The molecule has 2 rings (SSSR count). The number of anilines is 1. The van der Waals surface area contributed by atoms with Crippen molar-refractivity contribution in [3.8, 4) is 0 Å². The highest BCUT2D eigenvalue weighted by atomic mass is 127. The number of nitrogens with two attached hydrogens (primary N) is 1. The molecular weight excluding hydrogens is 357 g/mol. The van der Waals surface area contributed by atoms with Gasteiger partial charge in [0, 0.05) is 5.69 Å². The lowest BCUT2D eigenvalue weighted by Crippen LogP contribution is -2.23. The molecule has 0 aliphatic carbocycles. The molecule has 0 fully saturated rings. The minimum Gasteiger partial charge on any atom is -0.467 e. The van der Waals surface area contributed by atoms with E-state index in [4.69, 9.17) is 10.2 Å². The first-order chi connectivity index (χ1) is 8.75. The Balaban J connectivity index is 0.00000180. The number of nitrogens with one attached hydrogen (secondary N) is 1. The number of benzene rings is 1. The molecule has 1 unspecified atom stereocenters. The van der Waals surface area contributed by atoms with Crippen molar-refractivity contribution in [2.45, 2.75) is 6.10 Å². The summed E-state index contributed by atoms with van der Waals surface area (Å²) >= 11 is 0. The molecule has 0 aliphatic heterocycles. The van der Waals surface area contributed by atoms with Crippen LogP contribution in [0.4, 0.5) is 5.69 Å². The average molecular weight is 373 g/mol. The van der Waals surface area contributed by atoms with Crippen molar-refractivity contribution in [1.82, 2.24) is 0 Å². The van der Waals surface area contributed by atoms with E-state index in [1.165, 1.54) is 6.26 Å². The van der Waals surface area contributed by atoms with Crippen LogP contribution >= 0.6 is 24.0 Å². The van der Waals surface area contributed by atoms with Gasteiger partial charge in [-0.2, -0.15) is 0 Å². The minimum atomic E-state index is -0.781. The van der Waals surface area contributed by atoms with Crippen LogP contribution < -0.4 is 11.1 Å². The lowest BCUT2D eigenvalue weighted by atomic mass is 10.3. The smallest absolute Gasteiger partial charge is 0.193 e. The molecule has 0 saturated heterocycles. The Morgan fingerprint density at radius 2 is 2.00 bits per heavy atom. The molecule has 0 bridgehead atoms. The molecule has 1 heterocycles. The summed E-state index contributed by atoms with van der Waals surface area (Å²) in [5.74, 6) is 0.734. The number of guanidine groups is 1. The Hall–Kier alpha value is -1.54. The quantitative estimate of drug-likeness (QED) is 0.437. The Kier molecular flexibility index (Phi) is 6.37. The standard InChI is InChI=1S/C13H15N3O2.HI/c14-13(16-10-5-2-1-3-6-10)15-9-11(17)12-7-4-8-18-12;/h1-8,11,17H,9H2,(H3,14,15,16);1H. The Labute approximate surface area is 128 Å². The van der Waals surface area contributed by atoms with E-state index >= 15 is 0 Å². The summed E-state index contributed by atoms with van der Waals surface area (Å²) in [4.78, 5) is 4.05. The van der Waals surface area contributed by atoms with Gasteiger partial charge >= 0.3 is 0 Å². The van der Waals surface area contributed by atoms with Crippen LogP contribution in [0.25, 0.3) is 0 Å². The lowest BCUT2D eigenvalue weighted by molar-refractivity contribution is 0.158. The van der Waals surface area contributed by atoms with Gasteiger partial charge in [0.25, 0.3) is 0 Å². The van der Waals surface area contributed by atoms with Crippen LogP contribution in [0.15, 0.2) is 58.1 Å². The van der Waals surface area contributed by atoms with Crippen molar-refractivity contribution in [3.63, 3.8) is 0 Å². The van der Waals surface area contributed by atoms with Crippen molar-refractivity contribution in [2.75, 3.05) is 11.9 Å². The molecule has 0 aliphatic rings. The van der Waals surface area contributed by atoms with Gasteiger partial charge < -0.3 is 20.6 Å². The summed E-state index contributed by atoms with van der Waals surface area (Å²) < 4.78 is 5.07. The first-order valence-corrected chi connectivity index (χ1v) is 5.59. The Morgan fingerprint density at radius 1 is 1.26 bits per heavy atom. The van der Waals surface area contributed by atoms with Crippen molar-refractivity contribution in [1.29, 1.82) is 0 Å². The zero-order chi connectivity index (χ0) is 12.8. The Morgan fingerprint density at radius 3 is 2.63 bits per heavy atom. The molecule has 1 atom stereocenters. The van der Waals surface area contributed by atoms with Crippen molar-refractivity contribution >= 4 is 35.6 Å². The summed E-state index contributed by atoms with van der Waals surface area (Å²) in [6, 6.07) is 12.9. The van der Waals surface area contributed by atoms with E-state index in [2.05, 4.69) is 10.3 Å². The summed E-state index contributed by atoms with van der Waals surface area (Å²) in [6.45, 7) is 0.152. The third kappa shape index (κ3) is 4.92. The summed E-state index contributed by atoms with van der Waals surface area (Å²) in [7, 11) is 0. The predicted molar refractivity (Wildman–Crippen MR) is 85.6 cm³/mol. The predicted octanol–water partition coefficient (Wildman–Crippen LogP) is 2.36. The summed E-state index contributed by atoms with van der Waals surface area (Å²) in [5, 5.41) is 12.7. The number of aliphatic hydroxyl groups excluding tert-OH is 1. The number of aliphatic hydroxyl groups is 1. The second kappa shape index (κ2) is 7.80. The molecule has 0 radical (unpaired) electrons. The zero-order valence-electron chi connectivity index (χ0n) is 10.2. The molecule has 1 aromatic heterocycles. The fourth-order valence-electron chi connectivity index (χ4n) is 1.46. The third-order valence-corrected chi connectivity index (χ3v) is 2.35. The van der Waals surface area contributed by atoms with E-state index < -0.39 is 6.10 Å². The van der Waals surface area contributed by atoms with Gasteiger partial charge in [-0.05, 0) is 24.3 Å². The van der Waals surface area contributed by atoms with E-state index in [0.29, 0.717) is 5.76 Å². The van der Waals surface area contributed by atoms with Gasteiger partial charge in [0.1, 0.15) is 11.9 Å². The first-order valence-electron chi connectivity index (χ1n) is 5.59. The second-order valence-corrected chi connectivity index (χ2v) is 3.75. The van der Waals surface area contributed by atoms with Crippen molar-refractivity contribution < 1.29 is 9.52 Å². The van der Waals surface area contributed by atoms with E-state index in [1.54, 1.807) is 12.1 Å². The normalized spacial score (nSPS) is 12.6. The highest BCUT2D eigenvalue weighted by molar-refractivity contribution is 14.0. The average Bonchev–Trinajstić information content (AvgIpc) is 2.91. The van der Waals surface area contributed by atoms with Crippen LogP contribution in [0.1, 0.15) is 11.9 Å². The van der Waals surface area contributed by atoms with Crippen molar-refractivity contribution in [3.05, 3.63) is 54.5 Å². The minimum absolute atomic E-state index is 0. The van der Waals surface area contributed by atoms with Crippen molar-refractivity contribution in [2.24, 2.45) is 10.7 Å². The number of para-hydroxylation sites is 1. The Bertz CT molecular complexity index is 500. The number of hydrogen-bond acceptors (Lipinski definition) is 3. The zero-order valence-corrected chi connectivity index (χ0v) is 12.5. The van der Waals surface area contributed by atoms with Crippen LogP contribution in [0, 0.1) is 0 Å². The molecule has 6 heteroatoms. The second-order valence-electron chi connectivity index (χ2n) is 3.75. The molecule has 4 N–H and O–H groups in total. The van der Waals surface area contributed by atoms with Gasteiger partial charge in [0.15, 0.2) is 5.96 Å². The molecule has 1 aromatic carbocycles. The van der Waals surface area contributed by atoms with Gasteiger partial charge in [-0.25, -0.2) is 4.99 Å². The fourth-order valence-corrected chi connectivity index (χ4v) is 1.46. The van der Waals surface area contributed by atoms with Crippen LogP contribution in [-0.4, -0.2) is 17.6 Å². The van der Waals surface area contributed by atoms with Gasteiger partial charge in [0.2, 0.25) is 0 Å². The topological polar surface area (TPSA) is 83.8 Å². The number of halogens is 1. The largest absolute Gasteiger partial charge is 0.467 e. The molecule has 5 nitrogen and oxygen atoms in total. The van der Waals surface area contributed by atoms with Crippen LogP contribution in [0.3, 0.4) is 0 Å². The number of nitrogens with zero attached hydrogens (tertiary/aromatic N) is 1. The molecule has 0 amide bonds. The number of aliphatic imine (C=N–C) groups is 1. The third-order valence-electron chi connectivity index (χ3n) is 2.35. The van der Waals surface area contributed by atoms with Crippen LogP contribution in [0.2, 0.25) is 0 Å². The van der Waals surface area contributed by atoms with Crippen LogP contribution in [-0.2, 0) is 0 Å². The monoisotopic (exact) mass is 373 g/mol. The van der Waals surface area contributed by atoms with E-state index in [0.717, 1.165) is 5.69 Å². The molecular formula is C13H16IN3O2. The molecule has 19 heavy (non-hydrogen) atoms. The lowest BCUT2D eigenvalue weighted by Gasteiger charge is -2.07. The number of rotatable bonds is 4. The maximum Gasteiger partial charge on any atom is 0.193 e. The van der Waals surface area contributed by atoms with E-state index in [1.807, 2.05) is 30.3 Å². The highest BCUT2D eigenvalue weighted by Crippen LogP contribution is 2.13. The van der Waals surface area contributed by atoms with Gasteiger partial charge in [-0.15, -0.1) is 24.0 Å². The van der Waals surface area contributed by atoms with Gasteiger partial charge in [-0.3, -0.25) is 0 Å². The van der Waals surface area contributed by atoms with Gasteiger partial charge in [0.05, 0.1) is 12.8 Å².